The lowest BCUT2D eigenvalue weighted by Crippen LogP contribution is -2.18. The summed E-state index contributed by atoms with van der Waals surface area (Å²) in [5.74, 6) is 0.308. The van der Waals surface area contributed by atoms with E-state index >= 15 is 0 Å². The third-order valence-corrected chi connectivity index (χ3v) is 2.04. The molecule has 0 aromatic heterocycles. The highest BCUT2D eigenvalue weighted by Crippen LogP contribution is 2.20. The zero-order valence-corrected chi connectivity index (χ0v) is 10.5. The third-order valence-electron chi connectivity index (χ3n) is 2.04. The molecule has 0 N–H and O–H groups in total. The van der Waals surface area contributed by atoms with E-state index in [9.17, 15) is 4.79 Å². The van der Waals surface area contributed by atoms with Gasteiger partial charge in [0.15, 0.2) is 0 Å². The minimum Gasteiger partial charge on any atom is -0.299 e. The molecular weight excluding hydrogens is 172 g/mol. The van der Waals surface area contributed by atoms with Crippen LogP contribution in [-0.2, 0) is 4.79 Å². The highest BCUT2D eigenvalue weighted by Gasteiger charge is 2.19. The normalized spacial score (nSPS) is 13.6. The van der Waals surface area contributed by atoms with Crippen LogP contribution >= 0.6 is 0 Å². The van der Waals surface area contributed by atoms with Gasteiger partial charge in [0.2, 0.25) is 0 Å². The molecule has 0 aliphatic carbocycles. The molecule has 0 aromatic rings. The lowest BCUT2D eigenvalue weighted by Gasteiger charge is -2.16. The largest absolute Gasteiger partial charge is 0.299 e. The van der Waals surface area contributed by atoms with Crippen LogP contribution in [0.4, 0.5) is 0 Å². The van der Waals surface area contributed by atoms with Crippen LogP contribution in [0, 0.1) is 10.8 Å². The number of rotatable bonds is 3. The molecule has 1 heteroatoms. The number of allylic oxidation sites excluding steroid dienone is 2. The van der Waals surface area contributed by atoms with E-state index in [1.54, 1.807) is 0 Å². The molecule has 0 fully saturated rings. The Labute approximate surface area is 88.6 Å². The van der Waals surface area contributed by atoms with E-state index in [2.05, 4.69) is 26.8 Å². The average Bonchev–Trinajstić information content (AvgIpc) is 1.93. The fourth-order valence-electron chi connectivity index (χ4n) is 0.933. The monoisotopic (exact) mass is 196 g/mol. The average molecular weight is 196 g/mol. The van der Waals surface area contributed by atoms with Crippen LogP contribution in [-0.4, -0.2) is 5.78 Å². The predicted molar refractivity (Wildman–Crippen MR) is 62.3 cm³/mol. The molecule has 0 unspecified atom stereocenters. The van der Waals surface area contributed by atoms with Gasteiger partial charge < -0.3 is 0 Å². The molecule has 0 aliphatic rings. The second kappa shape index (κ2) is 4.77. The number of ketones is 1. The van der Waals surface area contributed by atoms with E-state index in [1.165, 1.54) is 0 Å². The van der Waals surface area contributed by atoms with Crippen molar-refractivity contribution in [2.45, 2.75) is 54.4 Å². The number of hydrogen-bond acceptors (Lipinski definition) is 1. The second-order valence-corrected chi connectivity index (χ2v) is 6.11. The summed E-state index contributed by atoms with van der Waals surface area (Å²) in [6.45, 7) is 12.5. The van der Waals surface area contributed by atoms with Crippen molar-refractivity contribution in [3.8, 4) is 0 Å². The Balaban J connectivity index is 3.91. The molecule has 82 valence electrons. The minimum absolute atomic E-state index is 0.202. The molecule has 0 aromatic carbocycles. The van der Waals surface area contributed by atoms with Crippen LogP contribution in [0.2, 0.25) is 0 Å². The highest BCUT2D eigenvalue weighted by atomic mass is 16.1. The summed E-state index contributed by atoms with van der Waals surface area (Å²) in [6.07, 6.45) is 5.71. The molecule has 0 bridgehead atoms. The van der Waals surface area contributed by atoms with Gasteiger partial charge in [-0.25, -0.2) is 0 Å². The Kier molecular flexibility index (Phi) is 4.57. The van der Waals surface area contributed by atoms with Crippen molar-refractivity contribution in [3.05, 3.63) is 12.2 Å². The smallest absolute Gasteiger partial charge is 0.141 e. The molecule has 1 nitrogen and oxygen atoms in total. The molecule has 14 heavy (non-hydrogen) atoms. The summed E-state index contributed by atoms with van der Waals surface area (Å²) in [4.78, 5) is 11.5. The molecule has 0 rings (SSSR count). The Hall–Kier alpha value is -0.590. The van der Waals surface area contributed by atoms with E-state index in [0.717, 1.165) is 6.42 Å². The van der Waals surface area contributed by atoms with Crippen molar-refractivity contribution in [3.63, 3.8) is 0 Å². The number of hydrogen-bond donors (Lipinski definition) is 0. The Morgan fingerprint density at radius 1 is 1.00 bits per heavy atom. The Morgan fingerprint density at radius 2 is 1.50 bits per heavy atom. The summed E-state index contributed by atoms with van der Waals surface area (Å²) >= 11 is 0. The van der Waals surface area contributed by atoms with Gasteiger partial charge in [-0.15, -0.1) is 0 Å². The van der Waals surface area contributed by atoms with Gasteiger partial charge in [-0.2, -0.15) is 0 Å². The highest BCUT2D eigenvalue weighted by molar-refractivity contribution is 5.84. The van der Waals surface area contributed by atoms with Gasteiger partial charge in [0.05, 0.1) is 0 Å². The standard InChI is InChI=1S/C13H24O/c1-12(2,3)10-8-7-9-11(14)13(4,5)6/h7-8H,9-10H2,1-6H3. The van der Waals surface area contributed by atoms with Crippen LogP contribution < -0.4 is 0 Å². The van der Waals surface area contributed by atoms with E-state index in [4.69, 9.17) is 0 Å². The van der Waals surface area contributed by atoms with Gasteiger partial charge in [-0.3, -0.25) is 4.79 Å². The number of Topliss-reactive ketones (excluding diaryl/α,β-unsaturated/α-hetero) is 1. The van der Waals surface area contributed by atoms with Crippen molar-refractivity contribution in [2.75, 3.05) is 0 Å². The number of carbonyl (C=O) groups is 1. The van der Waals surface area contributed by atoms with Crippen molar-refractivity contribution >= 4 is 5.78 Å². The van der Waals surface area contributed by atoms with Gasteiger partial charge in [-0.1, -0.05) is 53.7 Å². The molecular formula is C13H24O. The topological polar surface area (TPSA) is 17.1 Å². The zero-order chi connectivity index (χ0) is 11.4. The first-order valence-corrected chi connectivity index (χ1v) is 5.31. The van der Waals surface area contributed by atoms with Gasteiger partial charge in [0.25, 0.3) is 0 Å². The first kappa shape index (κ1) is 13.4. The zero-order valence-electron chi connectivity index (χ0n) is 10.5. The van der Waals surface area contributed by atoms with Gasteiger partial charge in [0, 0.05) is 11.8 Å². The van der Waals surface area contributed by atoms with Gasteiger partial charge in [0.1, 0.15) is 5.78 Å². The first-order chi connectivity index (χ1) is 6.13. The fourth-order valence-corrected chi connectivity index (χ4v) is 0.933. The van der Waals surface area contributed by atoms with E-state index < -0.39 is 0 Å². The summed E-state index contributed by atoms with van der Waals surface area (Å²) in [6, 6.07) is 0. The molecule has 0 amide bonds. The van der Waals surface area contributed by atoms with Gasteiger partial charge >= 0.3 is 0 Å². The molecule has 0 heterocycles. The lowest BCUT2D eigenvalue weighted by molar-refractivity contribution is -0.125. The van der Waals surface area contributed by atoms with Crippen LogP contribution in [0.1, 0.15) is 54.4 Å². The molecule has 0 saturated carbocycles. The summed E-state index contributed by atoms with van der Waals surface area (Å²) < 4.78 is 0. The molecule has 0 radical (unpaired) electrons. The summed E-state index contributed by atoms with van der Waals surface area (Å²) in [5.41, 5.74) is 0.118. The van der Waals surface area contributed by atoms with Crippen molar-refractivity contribution < 1.29 is 4.79 Å². The maximum absolute atomic E-state index is 11.5. The lowest BCUT2D eigenvalue weighted by atomic mass is 9.88. The van der Waals surface area contributed by atoms with E-state index in [-0.39, 0.29) is 5.41 Å². The van der Waals surface area contributed by atoms with Crippen LogP contribution in [0.25, 0.3) is 0 Å². The molecule has 0 saturated heterocycles. The van der Waals surface area contributed by atoms with Crippen LogP contribution in [0.5, 0.6) is 0 Å². The first-order valence-electron chi connectivity index (χ1n) is 5.31. The summed E-state index contributed by atoms with van der Waals surface area (Å²) in [7, 11) is 0. The molecule has 0 atom stereocenters. The van der Waals surface area contributed by atoms with Crippen LogP contribution in [0.15, 0.2) is 12.2 Å². The third kappa shape index (κ3) is 6.88. The van der Waals surface area contributed by atoms with Crippen molar-refractivity contribution in [2.24, 2.45) is 10.8 Å². The second-order valence-electron chi connectivity index (χ2n) is 6.11. The maximum atomic E-state index is 11.5. The fraction of sp³-hybridized carbons (Fsp3) is 0.769. The maximum Gasteiger partial charge on any atom is 0.141 e. The summed E-state index contributed by atoms with van der Waals surface area (Å²) in [5, 5.41) is 0. The van der Waals surface area contributed by atoms with E-state index in [0.29, 0.717) is 17.6 Å². The Morgan fingerprint density at radius 3 is 1.86 bits per heavy atom. The molecule has 0 aliphatic heterocycles. The van der Waals surface area contributed by atoms with Gasteiger partial charge in [-0.05, 0) is 11.8 Å². The molecule has 0 spiro atoms. The quantitative estimate of drug-likeness (QED) is 0.624. The predicted octanol–water partition coefficient (Wildman–Crippen LogP) is 3.98. The minimum atomic E-state index is -0.202. The van der Waals surface area contributed by atoms with Crippen LogP contribution in [0.3, 0.4) is 0 Å². The SMILES string of the molecule is CC(C)(C)CC=CCC(=O)C(C)(C)C. The van der Waals surface area contributed by atoms with Crippen molar-refractivity contribution in [1.82, 2.24) is 0 Å². The Bertz CT molecular complexity index is 210. The number of carbonyl (C=O) groups excluding carboxylic acids is 1. The van der Waals surface area contributed by atoms with E-state index in [1.807, 2.05) is 26.8 Å². The van der Waals surface area contributed by atoms with Crippen molar-refractivity contribution in [1.29, 1.82) is 0 Å².